The van der Waals surface area contributed by atoms with E-state index in [4.69, 9.17) is 10.5 Å². The molecule has 0 amide bonds. The highest BCUT2D eigenvalue weighted by molar-refractivity contribution is 6.08. The predicted molar refractivity (Wildman–Crippen MR) is 90.0 cm³/mol. The van der Waals surface area contributed by atoms with Crippen LogP contribution < -0.4 is 10.5 Å². The number of methoxy groups -OCH3 is 1. The average Bonchev–Trinajstić information content (AvgIpc) is 2.95. The van der Waals surface area contributed by atoms with Crippen molar-refractivity contribution < 1.29 is 9.53 Å². The van der Waals surface area contributed by atoms with Gasteiger partial charge in [0.2, 0.25) is 5.78 Å². The van der Waals surface area contributed by atoms with Gasteiger partial charge in [-0.05, 0) is 17.7 Å². The third-order valence-electron chi connectivity index (χ3n) is 4.03. The van der Waals surface area contributed by atoms with Gasteiger partial charge in [0.25, 0.3) is 0 Å². The van der Waals surface area contributed by atoms with Gasteiger partial charge in [-0.25, -0.2) is 0 Å². The molecule has 0 unspecified atom stereocenters. The van der Waals surface area contributed by atoms with Crippen LogP contribution in [0.5, 0.6) is 5.75 Å². The molecule has 0 saturated heterocycles. The second-order valence-electron chi connectivity index (χ2n) is 5.59. The van der Waals surface area contributed by atoms with Gasteiger partial charge in [0.05, 0.1) is 7.11 Å². The number of carbonyl (C=O) groups is 1. The molecule has 2 aromatic carbocycles. The Labute approximate surface area is 136 Å². The molecule has 0 spiro atoms. The first kappa shape index (κ1) is 15.2. The Morgan fingerprint density at radius 2 is 1.96 bits per heavy atom. The van der Waals surface area contributed by atoms with Crippen LogP contribution in [0, 0.1) is 0 Å². The van der Waals surface area contributed by atoms with Crippen LogP contribution in [0.1, 0.15) is 22.3 Å². The summed E-state index contributed by atoms with van der Waals surface area (Å²) in [5, 5.41) is 0. The van der Waals surface area contributed by atoms with Crippen molar-refractivity contribution in [3.63, 3.8) is 0 Å². The van der Waals surface area contributed by atoms with Crippen LogP contribution in [-0.2, 0) is 6.54 Å². The topological polar surface area (TPSA) is 55.6 Å². The fourth-order valence-corrected chi connectivity index (χ4v) is 2.85. The van der Waals surface area contributed by atoms with Crippen molar-refractivity contribution in [1.82, 2.24) is 4.90 Å². The number of hydrogen-bond donors (Lipinski definition) is 1. The van der Waals surface area contributed by atoms with Crippen LogP contribution in [0.2, 0.25) is 0 Å². The molecule has 0 atom stereocenters. The molecule has 1 aliphatic rings. The summed E-state index contributed by atoms with van der Waals surface area (Å²) in [5.41, 5.74) is 9.17. The maximum atomic E-state index is 12.8. The fourth-order valence-electron chi connectivity index (χ4n) is 2.85. The molecule has 0 saturated carbocycles. The van der Waals surface area contributed by atoms with Crippen molar-refractivity contribution in [2.24, 2.45) is 5.73 Å². The van der Waals surface area contributed by atoms with Crippen LogP contribution in [-0.4, -0.2) is 24.3 Å². The van der Waals surface area contributed by atoms with Crippen LogP contribution in [0.4, 0.5) is 0 Å². The Kier molecular flexibility index (Phi) is 4.33. The van der Waals surface area contributed by atoms with Crippen molar-refractivity contribution in [1.29, 1.82) is 0 Å². The van der Waals surface area contributed by atoms with E-state index in [0.29, 0.717) is 23.5 Å². The Morgan fingerprint density at radius 3 is 2.70 bits per heavy atom. The van der Waals surface area contributed by atoms with E-state index in [1.165, 1.54) is 0 Å². The first-order chi connectivity index (χ1) is 11.2. The molecule has 0 radical (unpaired) electrons. The van der Waals surface area contributed by atoms with Gasteiger partial charge in [-0.3, -0.25) is 4.79 Å². The van der Waals surface area contributed by atoms with Crippen LogP contribution >= 0.6 is 0 Å². The maximum Gasteiger partial charge on any atom is 0.210 e. The molecule has 2 aromatic rings. The number of ketones is 1. The number of hydrogen-bond acceptors (Lipinski definition) is 4. The lowest BCUT2D eigenvalue weighted by atomic mass is 10.1. The molecule has 118 valence electrons. The predicted octanol–water partition coefficient (Wildman–Crippen LogP) is 2.95. The minimum absolute atomic E-state index is 0.0107. The number of allylic oxidation sites excluding steroid dienone is 1. The second kappa shape index (κ2) is 6.57. The Bertz CT molecular complexity index is 738. The van der Waals surface area contributed by atoms with Gasteiger partial charge in [0.1, 0.15) is 11.4 Å². The van der Waals surface area contributed by atoms with E-state index >= 15 is 0 Å². The van der Waals surface area contributed by atoms with Gasteiger partial charge in [0, 0.05) is 30.8 Å². The normalized spacial score (nSPS) is 14.2. The molecule has 1 aliphatic heterocycles. The molecular weight excluding hydrogens is 288 g/mol. The monoisotopic (exact) mass is 308 g/mol. The van der Waals surface area contributed by atoms with Crippen molar-refractivity contribution in [2.45, 2.75) is 13.0 Å². The summed E-state index contributed by atoms with van der Waals surface area (Å²) in [5.74, 6) is 0.804. The molecule has 1 heterocycles. The largest absolute Gasteiger partial charge is 0.497 e. The molecule has 0 bridgehead atoms. The summed E-state index contributed by atoms with van der Waals surface area (Å²) in [6, 6.07) is 17.2. The Balaban J connectivity index is 1.84. The Morgan fingerprint density at radius 1 is 1.17 bits per heavy atom. The minimum atomic E-state index is -0.0107. The van der Waals surface area contributed by atoms with E-state index in [2.05, 4.69) is 4.90 Å². The standard InChI is InChI=1S/C19H20N2O2/c1-23-16-9-5-6-14(12-16)13-21-11-10-17(20)18(21)19(22)15-7-3-2-4-8-15/h2-9,12H,10-11,13,20H2,1H3. The van der Waals surface area contributed by atoms with E-state index < -0.39 is 0 Å². The fraction of sp³-hybridized carbons (Fsp3) is 0.211. The van der Waals surface area contributed by atoms with Gasteiger partial charge in [0.15, 0.2) is 0 Å². The molecule has 23 heavy (non-hydrogen) atoms. The van der Waals surface area contributed by atoms with E-state index in [-0.39, 0.29) is 5.78 Å². The van der Waals surface area contributed by atoms with E-state index in [1.807, 2.05) is 54.6 Å². The number of Topliss-reactive ketones (excluding diaryl/α,β-unsaturated/α-hetero) is 1. The van der Waals surface area contributed by atoms with Gasteiger partial charge < -0.3 is 15.4 Å². The highest BCUT2D eigenvalue weighted by Crippen LogP contribution is 2.26. The number of carbonyl (C=O) groups excluding carboxylic acids is 1. The quantitative estimate of drug-likeness (QED) is 0.863. The number of rotatable bonds is 5. The summed E-state index contributed by atoms with van der Waals surface area (Å²) < 4.78 is 5.26. The summed E-state index contributed by atoms with van der Waals surface area (Å²) >= 11 is 0. The van der Waals surface area contributed by atoms with Crippen LogP contribution in [0.15, 0.2) is 66.0 Å². The zero-order valence-corrected chi connectivity index (χ0v) is 13.2. The summed E-state index contributed by atoms with van der Waals surface area (Å²) in [6.45, 7) is 1.41. The van der Waals surface area contributed by atoms with Gasteiger partial charge in [-0.2, -0.15) is 0 Å². The molecule has 2 N–H and O–H groups in total. The zero-order valence-electron chi connectivity index (χ0n) is 13.2. The maximum absolute atomic E-state index is 12.8. The molecule has 0 aromatic heterocycles. The van der Waals surface area contributed by atoms with Crippen molar-refractivity contribution in [2.75, 3.05) is 13.7 Å². The van der Waals surface area contributed by atoms with Crippen molar-refractivity contribution in [3.8, 4) is 5.75 Å². The SMILES string of the molecule is COc1cccc(CN2CCC(N)=C2C(=O)c2ccccc2)c1. The average molecular weight is 308 g/mol. The van der Waals surface area contributed by atoms with E-state index in [1.54, 1.807) is 7.11 Å². The molecule has 4 heteroatoms. The van der Waals surface area contributed by atoms with Gasteiger partial charge in [-0.15, -0.1) is 0 Å². The van der Waals surface area contributed by atoms with Gasteiger partial charge >= 0.3 is 0 Å². The summed E-state index contributed by atoms with van der Waals surface area (Å²) in [7, 11) is 1.65. The number of ether oxygens (including phenoxy) is 1. The van der Waals surface area contributed by atoms with Crippen molar-refractivity contribution in [3.05, 3.63) is 77.1 Å². The first-order valence-electron chi connectivity index (χ1n) is 7.65. The number of nitrogens with zero attached hydrogens (tertiary/aromatic N) is 1. The Hall–Kier alpha value is -2.75. The summed E-state index contributed by atoms with van der Waals surface area (Å²) in [6.07, 6.45) is 0.720. The lowest BCUT2D eigenvalue weighted by Gasteiger charge is -2.22. The minimum Gasteiger partial charge on any atom is -0.497 e. The van der Waals surface area contributed by atoms with E-state index in [0.717, 1.165) is 24.3 Å². The highest BCUT2D eigenvalue weighted by atomic mass is 16.5. The highest BCUT2D eigenvalue weighted by Gasteiger charge is 2.27. The lowest BCUT2D eigenvalue weighted by Crippen LogP contribution is -2.25. The molecule has 0 fully saturated rings. The molecule has 3 rings (SSSR count). The number of nitrogens with two attached hydrogens (primary N) is 1. The second-order valence-corrected chi connectivity index (χ2v) is 5.59. The van der Waals surface area contributed by atoms with Gasteiger partial charge in [-0.1, -0.05) is 42.5 Å². The third kappa shape index (κ3) is 3.21. The van der Waals surface area contributed by atoms with E-state index in [9.17, 15) is 4.79 Å². The van der Waals surface area contributed by atoms with Crippen LogP contribution in [0.3, 0.4) is 0 Å². The number of benzene rings is 2. The molecular formula is C19H20N2O2. The first-order valence-corrected chi connectivity index (χ1v) is 7.65. The summed E-state index contributed by atoms with van der Waals surface area (Å²) in [4.78, 5) is 14.8. The molecule has 0 aliphatic carbocycles. The smallest absolute Gasteiger partial charge is 0.210 e. The molecule has 4 nitrogen and oxygen atoms in total. The lowest BCUT2D eigenvalue weighted by molar-refractivity contribution is 0.0994. The third-order valence-corrected chi connectivity index (χ3v) is 4.03. The van der Waals surface area contributed by atoms with Crippen molar-refractivity contribution >= 4 is 5.78 Å². The van der Waals surface area contributed by atoms with Crippen LogP contribution in [0.25, 0.3) is 0 Å². The zero-order chi connectivity index (χ0) is 16.2.